The Morgan fingerprint density at radius 2 is 2.24 bits per heavy atom. The Labute approximate surface area is 124 Å². The monoisotopic (exact) mass is 290 g/mol. The van der Waals surface area contributed by atoms with Crippen molar-refractivity contribution in [3.05, 3.63) is 23.3 Å². The average Bonchev–Trinajstić information content (AvgIpc) is 2.90. The van der Waals surface area contributed by atoms with Crippen LogP contribution in [0.2, 0.25) is 0 Å². The molecule has 0 spiro atoms. The SMILES string of the molecule is O=C(O)c1cnc(CCCC2CCOC2)nc1C1CCC1. The fraction of sp³-hybridized carbons (Fsp3) is 0.688. The summed E-state index contributed by atoms with van der Waals surface area (Å²) in [4.78, 5) is 20.1. The van der Waals surface area contributed by atoms with Gasteiger partial charge in [0, 0.05) is 31.7 Å². The maximum absolute atomic E-state index is 11.3. The molecule has 0 bridgehead atoms. The predicted octanol–water partition coefficient (Wildman–Crippen LogP) is 2.80. The highest BCUT2D eigenvalue weighted by molar-refractivity contribution is 5.88. The van der Waals surface area contributed by atoms with Crippen molar-refractivity contribution < 1.29 is 14.6 Å². The molecule has 5 heteroatoms. The normalized spacial score (nSPS) is 22.2. The highest BCUT2D eigenvalue weighted by atomic mass is 16.5. The molecule has 0 amide bonds. The minimum absolute atomic E-state index is 0.285. The molecule has 2 fully saturated rings. The second-order valence-corrected chi connectivity index (χ2v) is 6.14. The second kappa shape index (κ2) is 6.52. The van der Waals surface area contributed by atoms with Crippen molar-refractivity contribution in [1.82, 2.24) is 9.97 Å². The lowest BCUT2D eigenvalue weighted by Crippen LogP contribution is -2.17. The summed E-state index contributed by atoms with van der Waals surface area (Å²) >= 11 is 0. The van der Waals surface area contributed by atoms with Gasteiger partial charge in [-0.3, -0.25) is 0 Å². The molecular weight excluding hydrogens is 268 g/mol. The van der Waals surface area contributed by atoms with Gasteiger partial charge in [0.1, 0.15) is 5.82 Å². The van der Waals surface area contributed by atoms with E-state index in [1.165, 1.54) is 12.6 Å². The summed E-state index contributed by atoms with van der Waals surface area (Å²) in [6, 6.07) is 0. The van der Waals surface area contributed by atoms with E-state index in [2.05, 4.69) is 9.97 Å². The number of nitrogens with zero attached hydrogens (tertiary/aromatic N) is 2. The van der Waals surface area contributed by atoms with Crippen molar-refractivity contribution in [3.63, 3.8) is 0 Å². The van der Waals surface area contributed by atoms with Crippen LogP contribution < -0.4 is 0 Å². The van der Waals surface area contributed by atoms with Gasteiger partial charge in [-0.05, 0) is 38.0 Å². The van der Waals surface area contributed by atoms with Crippen LogP contribution in [0.15, 0.2) is 6.20 Å². The van der Waals surface area contributed by atoms with Gasteiger partial charge in [-0.25, -0.2) is 14.8 Å². The van der Waals surface area contributed by atoms with Crippen LogP contribution in [0.5, 0.6) is 0 Å². The third kappa shape index (κ3) is 3.40. The smallest absolute Gasteiger partial charge is 0.339 e. The van der Waals surface area contributed by atoms with Gasteiger partial charge in [-0.1, -0.05) is 6.42 Å². The Morgan fingerprint density at radius 1 is 1.38 bits per heavy atom. The van der Waals surface area contributed by atoms with Gasteiger partial charge in [-0.2, -0.15) is 0 Å². The topological polar surface area (TPSA) is 72.3 Å². The Morgan fingerprint density at radius 3 is 2.86 bits per heavy atom. The number of aromatic carboxylic acids is 1. The number of carboxylic acid groups (broad SMARTS) is 1. The number of hydrogen-bond acceptors (Lipinski definition) is 4. The highest BCUT2D eigenvalue weighted by Crippen LogP contribution is 2.36. The zero-order valence-corrected chi connectivity index (χ0v) is 12.3. The summed E-state index contributed by atoms with van der Waals surface area (Å²) in [7, 11) is 0. The number of aromatic nitrogens is 2. The van der Waals surface area contributed by atoms with E-state index in [-0.39, 0.29) is 5.56 Å². The summed E-state index contributed by atoms with van der Waals surface area (Å²) in [5.74, 6) is 0.878. The molecule has 1 aliphatic heterocycles. The highest BCUT2D eigenvalue weighted by Gasteiger charge is 2.26. The number of hydrogen-bond donors (Lipinski definition) is 1. The molecular formula is C16H22N2O3. The molecule has 2 aliphatic rings. The molecule has 1 N–H and O–H groups in total. The van der Waals surface area contributed by atoms with Gasteiger partial charge in [-0.15, -0.1) is 0 Å². The lowest BCUT2D eigenvalue weighted by Gasteiger charge is -2.26. The van der Waals surface area contributed by atoms with E-state index in [1.807, 2.05) is 0 Å². The minimum atomic E-state index is -0.911. The van der Waals surface area contributed by atoms with Crippen molar-refractivity contribution in [2.24, 2.45) is 5.92 Å². The Hall–Kier alpha value is -1.49. The van der Waals surface area contributed by atoms with Crippen LogP contribution in [0.4, 0.5) is 0 Å². The molecule has 1 aliphatic carbocycles. The molecule has 1 saturated carbocycles. The van der Waals surface area contributed by atoms with Crippen molar-refractivity contribution in [2.45, 2.75) is 50.9 Å². The Kier molecular flexibility index (Phi) is 4.48. The zero-order chi connectivity index (χ0) is 14.7. The van der Waals surface area contributed by atoms with Crippen molar-refractivity contribution in [1.29, 1.82) is 0 Å². The largest absolute Gasteiger partial charge is 0.478 e. The van der Waals surface area contributed by atoms with Crippen LogP contribution in [0.25, 0.3) is 0 Å². The van der Waals surface area contributed by atoms with E-state index in [9.17, 15) is 9.90 Å². The van der Waals surface area contributed by atoms with Gasteiger partial charge in [0.15, 0.2) is 0 Å². The number of ether oxygens (including phenoxy) is 1. The van der Waals surface area contributed by atoms with Gasteiger partial charge in [0.25, 0.3) is 0 Å². The quantitative estimate of drug-likeness (QED) is 0.872. The molecule has 2 heterocycles. The van der Waals surface area contributed by atoms with Crippen LogP contribution >= 0.6 is 0 Å². The van der Waals surface area contributed by atoms with Crippen LogP contribution in [-0.4, -0.2) is 34.3 Å². The van der Waals surface area contributed by atoms with E-state index < -0.39 is 5.97 Å². The van der Waals surface area contributed by atoms with Crippen LogP contribution in [0.1, 0.15) is 66.3 Å². The van der Waals surface area contributed by atoms with Crippen molar-refractivity contribution >= 4 is 5.97 Å². The van der Waals surface area contributed by atoms with Gasteiger partial charge in [0.05, 0.1) is 11.3 Å². The van der Waals surface area contributed by atoms with Gasteiger partial charge in [0.2, 0.25) is 0 Å². The van der Waals surface area contributed by atoms with E-state index in [0.29, 0.717) is 11.8 Å². The molecule has 1 unspecified atom stereocenters. The molecule has 1 aromatic heterocycles. The average molecular weight is 290 g/mol. The first-order chi connectivity index (χ1) is 10.2. The molecule has 0 aromatic carbocycles. The van der Waals surface area contributed by atoms with Gasteiger partial charge < -0.3 is 9.84 Å². The predicted molar refractivity (Wildman–Crippen MR) is 77.4 cm³/mol. The number of aryl methyl sites for hydroxylation is 1. The maximum atomic E-state index is 11.3. The first-order valence-corrected chi connectivity index (χ1v) is 7.91. The molecule has 0 radical (unpaired) electrons. The summed E-state index contributed by atoms with van der Waals surface area (Å²) in [5, 5.41) is 9.25. The fourth-order valence-corrected chi connectivity index (χ4v) is 3.07. The standard InChI is InChI=1S/C16H22N2O3/c19-16(20)13-9-17-14(18-15(13)12-4-2-5-12)6-1-3-11-7-8-21-10-11/h9,11-12H,1-8,10H2,(H,19,20). The molecule has 1 aromatic rings. The molecule has 21 heavy (non-hydrogen) atoms. The Balaban J connectivity index is 1.63. The first-order valence-electron chi connectivity index (χ1n) is 7.91. The molecule has 3 rings (SSSR count). The minimum Gasteiger partial charge on any atom is -0.478 e. The first kappa shape index (κ1) is 14.4. The second-order valence-electron chi connectivity index (χ2n) is 6.14. The lowest BCUT2D eigenvalue weighted by atomic mass is 9.81. The van der Waals surface area contributed by atoms with Crippen molar-refractivity contribution in [3.8, 4) is 0 Å². The van der Waals surface area contributed by atoms with Crippen LogP contribution in [-0.2, 0) is 11.2 Å². The third-order valence-electron chi connectivity index (χ3n) is 4.63. The summed E-state index contributed by atoms with van der Waals surface area (Å²) in [6.07, 6.45) is 8.95. The molecule has 5 nitrogen and oxygen atoms in total. The van der Waals surface area contributed by atoms with E-state index in [1.54, 1.807) is 0 Å². The van der Waals surface area contributed by atoms with Crippen molar-refractivity contribution in [2.75, 3.05) is 13.2 Å². The van der Waals surface area contributed by atoms with E-state index in [0.717, 1.165) is 63.3 Å². The lowest BCUT2D eigenvalue weighted by molar-refractivity contribution is 0.0693. The summed E-state index contributed by atoms with van der Waals surface area (Å²) in [5.41, 5.74) is 1.04. The van der Waals surface area contributed by atoms with E-state index >= 15 is 0 Å². The van der Waals surface area contributed by atoms with Crippen LogP contribution in [0.3, 0.4) is 0 Å². The zero-order valence-electron chi connectivity index (χ0n) is 12.3. The third-order valence-corrected chi connectivity index (χ3v) is 4.63. The number of rotatable bonds is 6. The number of carboxylic acids is 1. The van der Waals surface area contributed by atoms with Crippen LogP contribution in [0, 0.1) is 5.92 Å². The molecule has 1 saturated heterocycles. The van der Waals surface area contributed by atoms with Gasteiger partial charge >= 0.3 is 5.97 Å². The molecule has 114 valence electrons. The number of carbonyl (C=O) groups is 1. The summed E-state index contributed by atoms with van der Waals surface area (Å²) in [6.45, 7) is 1.77. The van der Waals surface area contributed by atoms with E-state index in [4.69, 9.17) is 4.74 Å². The molecule has 1 atom stereocenters. The summed E-state index contributed by atoms with van der Waals surface area (Å²) < 4.78 is 5.38. The fourth-order valence-electron chi connectivity index (χ4n) is 3.07. The maximum Gasteiger partial charge on any atom is 0.339 e. The Bertz CT molecular complexity index is 508.